The highest BCUT2D eigenvalue weighted by atomic mass is 19.1. The predicted octanol–water partition coefficient (Wildman–Crippen LogP) is 4.68. The monoisotopic (exact) mass is 300 g/mol. The van der Waals surface area contributed by atoms with E-state index in [9.17, 15) is 8.78 Å². The topological polar surface area (TPSA) is 24.7 Å². The number of rotatable bonds is 5. The molecule has 0 heterocycles. The molecule has 0 spiro atoms. The lowest BCUT2D eigenvalue weighted by Gasteiger charge is -1.99. The molecule has 0 aliphatic rings. The molecule has 2 aromatic carbocycles. The molecule has 0 bridgehead atoms. The zero-order chi connectivity index (χ0) is 15.9. The van der Waals surface area contributed by atoms with Crippen molar-refractivity contribution in [2.75, 3.05) is 0 Å². The maximum Gasteiger partial charge on any atom is 0.129 e. The van der Waals surface area contributed by atoms with Crippen molar-refractivity contribution in [1.29, 1.82) is 0 Å². The van der Waals surface area contributed by atoms with Crippen LogP contribution in [0.15, 0.2) is 46.6 Å². The van der Waals surface area contributed by atoms with E-state index in [1.54, 1.807) is 6.21 Å². The zero-order valence-corrected chi connectivity index (χ0v) is 12.7. The van der Waals surface area contributed by atoms with Crippen LogP contribution < -0.4 is 0 Å². The Labute approximate surface area is 129 Å². The average Bonchev–Trinajstić information content (AvgIpc) is 2.51. The third kappa shape index (κ3) is 4.32. The molecule has 0 saturated carbocycles. The molecule has 2 nitrogen and oxygen atoms in total. The van der Waals surface area contributed by atoms with Crippen LogP contribution in [-0.2, 0) is 6.42 Å². The third-order valence-corrected chi connectivity index (χ3v) is 3.30. The van der Waals surface area contributed by atoms with Gasteiger partial charge in [0, 0.05) is 11.1 Å². The van der Waals surface area contributed by atoms with Gasteiger partial charge in [0.05, 0.1) is 12.4 Å². The quantitative estimate of drug-likeness (QED) is 0.566. The summed E-state index contributed by atoms with van der Waals surface area (Å²) in [6.45, 7) is 3.53. The van der Waals surface area contributed by atoms with Crippen LogP contribution in [0.3, 0.4) is 0 Å². The van der Waals surface area contributed by atoms with Crippen LogP contribution in [0.1, 0.15) is 35.6 Å². The lowest BCUT2D eigenvalue weighted by Crippen LogP contribution is -1.92. The number of hydrogen-bond donors (Lipinski definition) is 0. The third-order valence-electron chi connectivity index (χ3n) is 3.30. The summed E-state index contributed by atoms with van der Waals surface area (Å²) in [4.78, 5) is 0. The van der Waals surface area contributed by atoms with Crippen LogP contribution in [0.5, 0.6) is 0 Å². The average molecular weight is 300 g/mol. The molecule has 2 rings (SSSR count). The van der Waals surface area contributed by atoms with Gasteiger partial charge in [0.15, 0.2) is 0 Å². The molecule has 0 atom stereocenters. The molecule has 0 aliphatic heterocycles. The van der Waals surface area contributed by atoms with E-state index in [0.29, 0.717) is 5.56 Å². The maximum atomic E-state index is 13.4. The molecule has 0 aromatic heterocycles. The summed E-state index contributed by atoms with van der Waals surface area (Å²) in [7, 11) is 0. The molecule has 0 fully saturated rings. The molecule has 0 aliphatic carbocycles. The van der Waals surface area contributed by atoms with Gasteiger partial charge in [-0.2, -0.15) is 10.2 Å². The standard InChI is InChI=1S/C18H18F2N2/c1-3-4-14-5-7-15(8-6-14)11-21-22-12-16-9-17(19)13(2)18(20)10-16/h5-12H,3-4H2,1-2H3. The van der Waals surface area contributed by atoms with Crippen molar-refractivity contribution >= 4 is 12.4 Å². The van der Waals surface area contributed by atoms with Crippen molar-refractivity contribution in [1.82, 2.24) is 0 Å². The molecule has 0 amide bonds. The molecule has 2 aromatic rings. The van der Waals surface area contributed by atoms with E-state index < -0.39 is 11.6 Å². The van der Waals surface area contributed by atoms with Gasteiger partial charge in [-0.05, 0) is 36.6 Å². The van der Waals surface area contributed by atoms with Crippen LogP contribution in [0.2, 0.25) is 0 Å². The Kier molecular flexibility index (Phi) is 5.53. The van der Waals surface area contributed by atoms with Gasteiger partial charge in [-0.1, -0.05) is 37.6 Å². The summed E-state index contributed by atoms with van der Waals surface area (Å²) in [6, 6.07) is 10.5. The second-order valence-corrected chi connectivity index (χ2v) is 5.09. The minimum absolute atomic E-state index is 0.00724. The van der Waals surface area contributed by atoms with Gasteiger partial charge in [-0.15, -0.1) is 0 Å². The zero-order valence-electron chi connectivity index (χ0n) is 12.7. The molecule has 0 saturated heterocycles. The van der Waals surface area contributed by atoms with Gasteiger partial charge in [0.1, 0.15) is 11.6 Å². The minimum atomic E-state index is -0.586. The fraction of sp³-hybridized carbons (Fsp3) is 0.222. The van der Waals surface area contributed by atoms with Gasteiger partial charge in [0.25, 0.3) is 0 Å². The van der Waals surface area contributed by atoms with Crippen molar-refractivity contribution in [2.24, 2.45) is 10.2 Å². The minimum Gasteiger partial charge on any atom is -0.207 e. The normalized spacial score (nSPS) is 11.6. The Morgan fingerprint density at radius 3 is 2.00 bits per heavy atom. The van der Waals surface area contributed by atoms with Gasteiger partial charge >= 0.3 is 0 Å². The fourth-order valence-electron chi connectivity index (χ4n) is 2.00. The molecule has 22 heavy (non-hydrogen) atoms. The summed E-state index contributed by atoms with van der Waals surface area (Å²) in [6.07, 6.45) is 5.10. The summed E-state index contributed by atoms with van der Waals surface area (Å²) in [5, 5.41) is 7.71. The molecular weight excluding hydrogens is 282 g/mol. The lowest BCUT2D eigenvalue weighted by molar-refractivity contribution is 0.568. The Morgan fingerprint density at radius 2 is 1.45 bits per heavy atom. The molecule has 0 N–H and O–H groups in total. The van der Waals surface area contributed by atoms with Crippen molar-refractivity contribution in [3.8, 4) is 0 Å². The molecule has 4 heteroatoms. The van der Waals surface area contributed by atoms with Crippen molar-refractivity contribution in [2.45, 2.75) is 26.7 Å². The highest BCUT2D eigenvalue weighted by Crippen LogP contribution is 2.13. The first-order valence-corrected chi connectivity index (χ1v) is 7.21. The summed E-state index contributed by atoms with van der Waals surface area (Å²) < 4.78 is 26.7. The fourth-order valence-corrected chi connectivity index (χ4v) is 2.00. The SMILES string of the molecule is CCCc1ccc(C=NN=Cc2cc(F)c(C)c(F)c2)cc1. The summed E-state index contributed by atoms with van der Waals surface area (Å²) in [5.41, 5.74) is 2.57. The second kappa shape index (κ2) is 7.59. The van der Waals surface area contributed by atoms with Crippen LogP contribution in [0.25, 0.3) is 0 Å². The van der Waals surface area contributed by atoms with Crippen LogP contribution >= 0.6 is 0 Å². The highest BCUT2D eigenvalue weighted by molar-refractivity contribution is 5.82. The Morgan fingerprint density at radius 1 is 0.909 bits per heavy atom. The largest absolute Gasteiger partial charge is 0.207 e. The lowest BCUT2D eigenvalue weighted by atomic mass is 10.1. The predicted molar refractivity (Wildman–Crippen MR) is 86.7 cm³/mol. The number of aryl methyl sites for hydroxylation is 1. The van der Waals surface area contributed by atoms with Gasteiger partial charge in [-0.3, -0.25) is 0 Å². The van der Waals surface area contributed by atoms with Gasteiger partial charge in [0.2, 0.25) is 0 Å². The Bertz CT molecular complexity index is 666. The van der Waals surface area contributed by atoms with Crippen molar-refractivity contribution in [3.63, 3.8) is 0 Å². The van der Waals surface area contributed by atoms with E-state index in [-0.39, 0.29) is 5.56 Å². The first-order chi connectivity index (χ1) is 10.6. The van der Waals surface area contributed by atoms with E-state index in [1.807, 2.05) is 12.1 Å². The van der Waals surface area contributed by atoms with Crippen LogP contribution in [-0.4, -0.2) is 12.4 Å². The van der Waals surface area contributed by atoms with E-state index in [2.05, 4.69) is 29.3 Å². The number of benzene rings is 2. The van der Waals surface area contributed by atoms with Crippen LogP contribution in [0, 0.1) is 18.6 Å². The Balaban J connectivity index is 2.02. The molecule has 0 radical (unpaired) electrons. The van der Waals surface area contributed by atoms with Crippen LogP contribution in [0.4, 0.5) is 8.78 Å². The van der Waals surface area contributed by atoms with Crippen molar-refractivity contribution in [3.05, 3.63) is 70.3 Å². The molecule has 0 unspecified atom stereocenters. The first kappa shape index (κ1) is 16.0. The van der Waals surface area contributed by atoms with E-state index >= 15 is 0 Å². The summed E-state index contributed by atoms with van der Waals surface area (Å²) >= 11 is 0. The number of halogens is 2. The highest BCUT2D eigenvalue weighted by Gasteiger charge is 2.04. The van der Waals surface area contributed by atoms with E-state index in [0.717, 1.165) is 18.4 Å². The maximum absolute atomic E-state index is 13.4. The second-order valence-electron chi connectivity index (χ2n) is 5.09. The molecular formula is C18H18F2N2. The number of nitrogens with zero attached hydrogens (tertiary/aromatic N) is 2. The number of hydrogen-bond acceptors (Lipinski definition) is 2. The summed E-state index contributed by atoms with van der Waals surface area (Å²) in [5.74, 6) is -1.17. The molecule has 114 valence electrons. The first-order valence-electron chi connectivity index (χ1n) is 7.21. The smallest absolute Gasteiger partial charge is 0.129 e. The van der Waals surface area contributed by atoms with E-state index in [1.165, 1.54) is 30.8 Å². The van der Waals surface area contributed by atoms with Gasteiger partial charge in [-0.25, -0.2) is 8.78 Å². The Hall–Kier alpha value is -2.36. The van der Waals surface area contributed by atoms with Crippen molar-refractivity contribution < 1.29 is 8.78 Å². The van der Waals surface area contributed by atoms with Gasteiger partial charge < -0.3 is 0 Å². The van der Waals surface area contributed by atoms with E-state index in [4.69, 9.17) is 0 Å².